The van der Waals surface area contributed by atoms with Crippen molar-refractivity contribution in [2.75, 3.05) is 13.2 Å². The first-order chi connectivity index (χ1) is 9.92. The summed E-state index contributed by atoms with van der Waals surface area (Å²) < 4.78 is 5.12. The van der Waals surface area contributed by atoms with Crippen molar-refractivity contribution < 1.29 is 19.4 Å². The first kappa shape index (κ1) is 14.3. The van der Waals surface area contributed by atoms with Crippen molar-refractivity contribution in [1.29, 1.82) is 0 Å². The van der Waals surface area contributed by atoms with Gasteiger partial charge in [0.15, 0.2) is 5.78 Å². The van der Waals surface area contributed by atoms with Gasteiger partial charge in [-0.25, -0.2) is 0 Å². The number of esters is 1. The smallest absolute Gasteiger partial charge is 0.302 e. The van der Waals surface area contributed by atoms with Crippen LogP contribution in [-0.2, 0) is 14.3 Å². The molecule has 4 heteroatoms. The lowest BCUT2D eigenvalue weighted by Gasteiger charge is -2.32. The topological polar surface area (TPSA) is 63.6 Å². The quantitative estimate of drug-likeness (QED) is 0.808. The van der Waals surface area contributed by atoms with Crippen molar-refractivity contribution in [1.82, 2.24) is 0 Å². The summed E-state index contributed by atoms with van der Waals surface area (Å²) in [5, 5.41) is 9.56. The van der Waals surface area contributed by atoms with Crippen LogP contribution in [0.5, 0.6) is 0 Å². The molecule has 0 bridgehead atoms. The Morgan fingerprint density at radius 2 is 2.14 bits per heavy atom. The fourth-order valence-corrected chi connectivity index (χ4v) is 3.76. The van der Waals surface area contributed by atoms with Crippen LogP contribution in [0, 0.1) is 11.3 Å². The number of hydrogen-bond acceptors (Lipinski definition) is 4. The van der Waals surface area contributed by atoms with Crippen molar-refractivity contribution in [3.63, 3.8) is 0 Å². The van der Waals surface area contributed by atoms with Crippen molar-refractivity contribution in [3.8, 4) is 0 Å². The van der Waals surface area contributed by atoms with Crippen LogP contribution in [0.2, 0.25) is 0 Å². The highest BCUT2D eigenvalue weighted by molar-refractivity contribution is 6.07. The van der Waals surface area contributed by atoms with Gasteiger partial charge in [-0.15, -0.1) is 0 Å². The summed E-state index contributed by atoms with van der Waals surface area (Å²) in [4.78, 5) is 23.7. The molecule has 3 aliphatic rings. The van der Waals surface area contributed by atoms with Gasteiger partial charge in [-0.3, -0.25) is 9.59 Å². The number of carbonyl (C=O) groups excluding carboxylic acids is 2. The van der Waals surface area contributed by atoms with Gasteiger partial charge >= 0.3 is 5.97 Å². The standard InChI is InChI=1S/C17H20O4/c1-9-15-13(16(20)10(2)17(9)4-5-17)6-12(7-18)14(15)8-21-11(3)19/h6,10,18H,4-5,7-8H2,1-3H3/t10-/m1/s1. The minimum absolute atomic E-state index is 0.000480. The molecule has 1 fully saturated rings. The monoisotopic (exact) mass is 288 g/mol. The number of rotatable bonds is 3. The molecule has 1 saturated carbocycles. The predicted octanol–water partition coefficient (Wildman–Crippen LogP) is 2.09. The lowest BCUT2D eigenvalue weighted by Crippen LogP contribution is -2.31. The lowest BCUT2D eigenvalue weighted by atomic mass is 9.70. The van der Waals surface area contributed by atoms with E-state index in [4.69, 9.17) is 4.74 Å². The van der Waals surface area contributed by atoms with Crippen molar-refractivity contribution >= 4 is 11.8 Å². The van der Waals surface area contributed by atoms with Gasteiger partial charge < -0.3 is 9.84 Å². The molecule has 3 rings (SSSR count). The summed E-state index contributed by atoms with van der Waals surface area (Å²) in [7, 11) is 0. The Labute approximate surface area is 124 Å². The molecule has 0 radical (unpaired) electrons. The zero-order valence-electron chi connectivity index (χ0n) is 12.7. The third-order valence-corrected chi connectivity index (χ3v) is 5.27. The Kier molecular flexibility index (Phi) is 3.17. The predicted molar refractivity (Wildman–Crippen MR) is 77.4 cm³/mol. The third-order valence-electron chi connectivity index (χ3n) is 5.27. The maximum atomic E-state index is 12.6. The molecule has 21 heavy (non-hydrogen) atoms. The third kappa shape index (κ3) is 1.93. The second-order valence-electron chi connectivity index (χ2n) is 6.24. The Hall–Kier alpha value is -1.68. The SMILES string of the molecule is CC(=O)OCC1=C(CO)C=C2C(=O)[C@@H](C)C3(CC3)C(C)=C21. The second kappa shape index (κ2) is 4.67. The first-order valence-corrected chi connectivity index (χ1v) is 7.36. The van der Waals surface area contributed by atoms with E-state index < -0.39 is 0 Å². The summed E-state index contributed by atoms with van der Waals surface area (Å²) in [6.07, 6.45) is 3.85. The normalized spacial score (nSPS) is 26.2. The van der Waals surface area contributed by atoms with E-state index in [0.29, 0.717) is 11.1 Å². The fourth-order valence-electron chi connectivity index (χ4n) is 3.76. The molecular formula is C17H20O4. The maximum Gasteiger partial charge on any atom is 0.302 e. The van der Waals surface area contributed by atoms with Gasteiger partial charge in [0.2, 0.25) is 0 Å². The first-order valence-electron chi connectivity index (χ1n) is 7.36. The molecule has 0 aliphatic heterocycles. The fraction of sp³-hybridized carbons (Fsp3) is 0.529. The van der Waals surface area contributed by atoms with Crippen LogP contribution in [0.1, 0.15) is 33.6 Å². The lowest BCUT2D eigenvalue weighted by molar-refractivity contribution is -0.139. The highest BCUT2D eigenvalue weighted by Crippen LogP contribution is 2.63. The van der Waals surface area contributed by atoms with Crippen LogP contribution in [-0.4, -0.2) is 30.1 Å². The molecule has 0 saturated heterocycles. The van der Waals surface area contributed by atoms with Gasteiger partial charge in [-0.2, -0.15) is 0 Å². The van der Waals surface area contributed by atoms with E-state index in [2.05, 4.69) is 6.92 Å². The molecule has 1 atom stereocenters. The van der Waals surface area contributed by atoms with E-state index in [9.17, 15) is 14.7 Å². The Morgan fingerprint density at radius 1 is 1.48 bits per heavy atom. The summed E-state index contributed by atoms with van der Waals surface area (Å²) in [5.74, 6) is -0.208. The van der Waals surface area contributed by atoms with E-state index in [0.717, 1.165) is 24.0 Å². The molecule has 0 aromatic carbocycles. The molecule has 0 aromatic rings. The Morgan fingerprint density at radius 3 is 2.67 bits per heavy atom. The molecule has 0 heterocycles. The maximum absolute atomic E-state index is 12.6. The Bertz CT molecular complexity index is 629. The second-order valence-corrected chi connectivity index (χ2v) is 6.24. The number of ketones is 1. The molecule has 1 N–H and O–H groups in total. The summed E-state index contributed by atoms with van der Waals surface area (Å²) in [6.45, 7) is 5.41. The molecule has 0 amide bonds. The number of carbonyl (C=O) groups is 2. The van der Waals surface area contributed by atoms with Crippen LogP contribution >= 0.6 is 0 Å². The number of ether oxygens (including phenoxy) is 1. The van der Waals surface area contributed by atoms with Gasteiger partial charge in [0, 0.05) is 29.4 Å². The highest BCUT2D eigenvalue weighted by Gasteiger charge is 2.56. The van der Waals surface area contributed by atoms with Gasteiger partial charge in [0.1, 0.15) is 6.61 Å². The summed E-state index contributed by atoms with van der Waals surface area (Å²) >= 11 is 0. The molecule has 1 spiro atoms. The largest absolute Gasteiger partial charge is 0.461 e. The van der Waals surface area contributed by atoms with E-state index in [1.165, 1.54) is 12.5 Å². The van der Waals surface area contributed by atoms with Crippen LogP contribution in [0.3, 0.4) is 0 Å². The number of aliphatic hydroxyl groups is 1. The zero-order valence-corrected chi connectivity index (χ0v) is 12.7. The van der Waals surface area contributed by atoms with Gasteiger partial charge in [-0.05, 0) is 37.0 Å². The molecular weight excluding hydrogens is 268 g/mol. The molecule has 112 valence electrons. The van der Waals surface area contributed by atoms with Crippen molar-refractivity contribution in [2.45, 2.75) is 33.6 Å². The minimum Gasteiger partial charge on any atom is -0.461 e. The van der Waals surface area contributed by atoms with Crippen molar-refractivity contribution in [2.24, 2.45) is 11.3 Å². The molecule has 3 aliphatic carbocycles. The molecule has 0 unspecified atom stereocenters. The van der Waals surface area contributed by atoms with E-state index in [1.54, 1.807) is 6.08 Å². The van der Waals surface area contributed by atoms with Crippen LogP contribution in [0.25, 0.3) is 0 Å². The van der Waals surface area contributed by atoms with Crippen LogP contribution in [0.4, 0.5) is 0 Å². The average Bonchev–Trinajstić information content (AvgIpc) is 3.16. The Balaban J connectivity index is 2.08. The van der Waals surface area contributed by atoms with Gasteiger partial charge in [0.05, 0.1) is 6.61 Å². The number of aliphatic hydroxyl groups excluding tert-OH is 1. The number of allylic oxidation sites excluding steroid dienone is 2. The summed E-state index contributed by atoms with van der Waals surface area (Å²) in [6, 6.07) is 0. The van der Waals surface area contributed by atoms with Crippen LogP contribution in [0.15, 0.2) is 33.9 Å². The molecule has 4 nitrogen and oxygen atoms in total. The number of Topliss-reactive ketones (excluding diaryl/α,β-unsaturated/α-hetero) is 1. The van der Waals surface area contributed by atoms with Gasteiger partial charge in [-0.1, -0.05) is 12.5 Å². The van der Waals surface area contributed by atoms with E-state index in [-0.39, 0.29) is 36.3 Å². The van der Waals surface area contributed by atoms with Crippen LogP contribution < -0.4 is 0 Å². The molecule has 0 aromatic heterocycles. The zero-order chi connectivity index (χ0) is 15.4. The minimum atomic E-state index is -0.358. The summed E-state index contributed by atoms with van der Waals surface area (Å²) in [5.41, 5.74) is 4.30. The van der Waals surface area contributed by atoms with E-state index in [1.807, 2.05) is 6.92 Å². The van der Waals surface area contributed by atoms with Crippen molar-refractivity contribution in [3.05, 3.63) is 33.9 Å². The highest BCUT2D eigenvalue weighted by atomic mass is 16.5. The van der Waals surface area contributed by atoms with Gasteiger partial charge in [0.25, 0.3) is 0 Å². The van der Waals surface area contributed by atoms with E-state index >= 15 is 0 Å². The number of hydrogen-bond donors (Lipinski definition) is 1. The average molecular weight is 288 g/mol. The number of fused-ring (bicyclic) bond motifs is 1.